The molecule has 1 N–H and O–H groups in total. The highest BCUT2D eigenvalue weighted by molar-refractivity contribution is 5.92. The molecule has 0 bridgehead atoms. The molecule has 0 radical (unpaired) electrons. The van der Waals surface area contributed by atoms with Gasteiger partial charge in [-0.25, -0.2) is 0 Å². The Bertz CT molecular complexity index is 624. The Morgan fingerprint density at radius 1 is 1.04 bits per heavy atom. The van der Waals surface area contributed by atoms with Crippen molar-refractivity contribution in [1.29, 1.82) is 0 Å². The maximum atomic E-state index is 12.5. The molecule has 1 saturated heterocycles. The van der Waals surface area contributed by atoms with Crippen LogP contribution in [0.25, 0.3) is 0 Å². The van der Waals surface area contributed by atoms with Crippen molar-refractivity contribution in [3.63, 3.8) is 0 Å². The first-order chi connectivity index (χ1) is 12.2. The molecule has 6 nitrogen and oxygen atoms in total. The molecule has 3 fully saturated rings. The van der Waals surface area contributed by atoms with Crippen LogP contribution in [0.2, 0.25) is 0 Å². The molecule has 2 amide bonds. The average Bonchev–Trinajstić information content (AvgIpc) is 3.39. The van der Waals surface area contributed by atoms with Gasteiger partial charge in [-0.05, 0) is 38.5 Å². The van der Waals surface area contributed by atoms with E-state index in [1.54, 1.807) is 6.07 Å². The lowest BCUT2D eigenvalue weighted by Crippen LogP contribution is -2.48. The fraction of sp³-hybridized carbons (Fsp3) is 0.737. The van der Waals surface area contributed by atoms with Gasteiger partial charge >= 0.3 is 0 Å². The monoisotopic (exact) mass is 345 g/mol. The molecule has 1 aromatic rings. The molecule has 6 heteroatoms. The van der Waals surface area contributed by atoms with E-state index >= 15 is 0 Å². The Morgan fingerprint density at radius 2 is 1.76 bits per heavy atom. The summed E-state index contributed by atoms with van der Waals surface area (Å²) in [4.78, 5) is 26.7. The molecule has 2 heterocycles. The Labute approximate surface area is 148 Å². The van der Waals surface area contributed by atoms with Crippen molar-refractivity contribution in [2.24, 2.45) is 5.92 Å². The van der Waals surface area contributed by atoms with Gasteiger partial charge in [0.15, 0.2) is 5.69 Å². The smallest absolute Gasteiger partial charge is 0.276 e. The number of nitrogens with zero attached hydrogens (tertiary/aromatic N) is 2. The number of piperidine rings is 1. The summed E-state index contributed by atoms with van der Waals surface area (Å²) < 4.78 is 5.29. The molecule has 1 aromatic heterocycles. The molecular weight excluding hydrogens is 318 g/mol. The Balaban J connectivity index is 1.25. The van der Waals surface area contributed by atoms with Gasteiger partial charge in [-0.15, -0.1) is 0 Å². The van der Waals surface area contributed by atoms with Gasteiger partial charge in [0.05, 0.1) is 0 Å². The van der Waals surface area contributed by atoms with Crippen molar-refractivity contribution in [2.75, 3.05) is 13.1 Å². The van der Waals surface area contributed by atoms with E-state index in [0.717, 1.165) is 44.3 Å². The standard InChI is InChI=1S/C19H27N3O3/c23-18(14-4-2-1-3-5-14)20-15-8-10-22(11-9-15)19(24)16-12-17(25-21-16)13-6-7-13/h12-15H,1-11H2,(H,20,23). The number of carbonyl (C=O) groups is 2. The van der Waals surface area contributed by atoms with E-state index in [9.17, 15) is 9.59 Å². The largest absolute Gasteiger partial charge is 0.360 e. The highest BCUT2D eigenvalue weighted by atomic mass is 16.5. The van der Waals surface area contributed by atoms with Crippen LogP contribution >= 0.6 is 0 Å². The fourth-order valence-corrected chi connectivity index (χ4v) is 4.02. The third kappa shape index (κ3) is 3.88. The minimum atomic E-state index is -0.0484. The van der Waals surface area contributed by atoms with Crippen LogP contribution in [-0.2, 0) is 4.79 Å². The number of likely N-dealkylation sites (tertiary alicyclic amines) is 1. The normalized spacial score (nSPS) is 22.8. The average molecular weight is 345 g/mol. The number of hydrogen-bond acceptors (Lipinski definition) is 4. The second kappa shape index (κ2) is 7.18. The number of hydrogen-bond donors (Lipinski definition) is 1. The van der Waals surface area contributed by atoms with E-state index in [-0.39, 0.29) is 23.8 Å². The van der Waals surface area contributed by atoms with Crippen LogP contribution < -0.4 is 5.32 Å². The third-order valence-electron chi connectivity index (χ3n) is 5.83. The van der Waals surface area contributed by atoms with Crippen molar-refractivity contribution >= 4 is 11.8 Å². The molecule has 0 atom stereocenters. The van der Waals surface area contributed by atoms with Crippen LogP contribution in [-0.4, -0.2) is 41.0 Å². The first-order valence-electron chi connectivity index (χ1n) is 9.77. The fourth-order valence-electron chi connectivity index (χ4n) is 4.02. The predicted octanol–water partition coefficient (Wildman–Crippen LogP) is 2.85. The third-order valence-corrected chi connectivity index (χ3v) is 5.83. The lowest BCUT2D eigenvalue weighted by molar-refractivity contribution is -0.126. The van der Waals surface area contributed by atoms with Crippen LogP contribution in [0, 0.1) is 5.92 Å². The summed E-state index contributed by atoms with van der Waals surface area (Å²) in [5.41, 5.74) is 0.423. The van der Waals surface area contributed by atoms with Crippen LogP contribution in [0.4, 0.5) is 0 Å². The number of aromatic nitrogens is 1. The summed E-state index contributed by atoms with van der Waals surface area (Å²) in [6.07, 6.45) is 9.56. The quantitative estimate of drug-likeness (QED) is 0.910. The van der Waals surface area contributed by atoms with Crippen molar-refractivity contribution in [3.8, 4) is 0 Å². The molecule has 2 aliphatic carbocycles. The second-order valence-electron chi connectivity index (χ2n) is 7.80. The summed E-state index contributed by atoms with van der Waals surface area (Å²) in [5, 5.41) is 7.15. The molecule has 2 saturated carbocycles. The van der Waals surface area contributed by atoms with E-state index in [1.807, 2.05) is 4.90 Å². The van der Waals surface area contributed by atoms with Gasteiger partial charge in [0.2, 0.25) is 5.91 Å². The van der Waals surface area contributed by atoms with Gasteiger partial charge in [-0.2, -0.15) is 0 Å². The number of nitrogens with one attached hydrogen (secondary N) is 1. The van der Waals surface area contributed by atoms with Gasteiger partial charge in [0.1, 0.15) is 5.76 Å². The Kier molecular flexibility index (Phi) is 4.77. The van der Waals surface area contributed by atoms with Gasteiger partial charge in [0, 0.05) is 37.0 Å². The minimum absolute atomic E-state index is 0.0484. The lowest BCUT2D eigenvalue weighted by atomic mass is 9.88. The lowest BCUT2D eigenvalue weighted by Gasteiger charge is -2.33. The predicted molar refractivity (Wildman–Crippen MR) is 92.1 cm³/mol. The van der Waals surface area contributed by atoms with Gasteiger partial charge < -0.3 is 14.7 Å². The molecular formula is C19H27N3O3. The number of carbonyl (C=O) groups excluding carboxylic acids is 2. The summed E-state index contributed by atoms with van der Waals surface area (Å²) in [7, 11) is 0. The van der Waals surface area contributed by atoms with Crippen LogP contribution in [0.15, 0.2) is 10.6 Å². The van der Waals surface area contributed by atoms with E-state index in [1.165, 1.54) is 19.3 Å². The van der Waals surface area contributed by atoms with Gasteiger partial charge in [-0.1, -0.05) is 24.4 Å². The molecule has 4 rings (SSSR count). The second-order valence-corrected chi connectivity index (χ2v) is 7.80. The van der Waals surface area contributed by atoms with Crippen molar-refractivity contribution in [2.45, 2.75) is 69.7 Å². The van der Waals surface area contributed by atoms with Crippen molar-refractivity contribution < 1.29 is 14.1 Å². The molecule has 136 valence electrons. The Hall–Kier alpha value is -1.85. The zero-order valence-corrected chi connectivity index (χ0v) is 14.7. The minimum Gasteiger partial charge on any atom is -0.360 e. The summed E-state index contributed by atoms with van der Waals surface area (Å²) >= 11 is 0. The van der Waals surface area contributed by atoms with E-state index in [2.05, 4.69) is 10.5 Å². The highest BCUT2D eigenvalue weighted by Gasteiger charge is 2.31. The summed E-state index contributed by atoms with van der Waals surface area (Å²) in [5.74, 6) is 1.68. The zero-order chi connectivity index (χ0) is 17.2. The topological polar surface area (TPSA) is 75.4 Å². The maximum Gasteiger partial charge on any atom is 0.276 e. The maximum absolute atomic E-state index is 12.5. The van der Waals surface area contributed by atoms with Crippen molar-refractivity contribution in [1.82, 2.24) is 15.4 Å². The molecule has 25 heavy (non-hydrogen) atoms. The van der Waals surface area contributed by atoms with Gasteiger partial charge in [0.25, 0.3) is 5.91 Å². The van der Waals surface area contributed by atoms with Gasteiger partial charge in [-0.3, -0.25) is 9.59 Å². The molecule has 3 aliphatic rings. The Morgan fingerprint density at radius 3 is 2.44 bits per heavy atom. The molecule has 0 spiro atoms. The zero-order valence-electron chi connectivity index (χ0n) is 14.7. The molecule has 1 aliphatic heterocycles. The van der Waals surface area contributed by atoms with Crippen LogP contribution in [0.5, 0.6) is 0 Å². The number of rotatable bonds is 4. The van der Waals surface area contributed by atoms with Crippen LogP contribution in [0.1, 0.15) is 80.0 Å². The molecule has 0 aromatic carbocycles. The van der Waals surface area contributed by atoms with E-state index in [0.29, 0.717) is 24.7 Å². The highest BCUT2D eigenvalue weighted by Crippen LogP contribution is 2.40. The van der Waals surface area contributed by atoms with E-state index in [4.69, 9.17) is 4.52 Å². The number of amides is 2. The SMILES string of the molecule is O=C(NC1CCN(C(=O)c2cc(C3CC3)on2)CC1)C1CCCCC1. The first-order valence-corrected chi connectivity index (χ1v) is 9.77. The van der Waals surface area contributed by atoms with E-state index < -0.39 is 0 Å². The van der Waals surface area contributed by atoms with Crippen molar-refractivity contribution in [3.05, 3.63) is 17.5 Å². The molecule has 0 unspecified atom stereocenters. The first kappa shape index (κ1) is 16.6. The summed E-state index contributed by atoms with van der Waals surface area (Å²) in [6.45, 7) is 1.33. The summed E-state index contributed by atoms with van der Waals surface area (Å²) in [6, 6.07) is 1.99. The van der Waals surface area contributed by atoms with Crippen LogP contribution in [0.3, 0.4) is 0 Å².